The van der Waals surface area contributed by atoms with Crippen LogP contribution < -0.4 is 0 Å². The maximum atomic E-state index is 11.8. The molecule has 4 aliphatic rings. The van der Waals surface area contributed by atoms with Crippen LogP contribution in [0, 0.1) is 34.5 Å². The van der Waals surface area contributed by atoms with Crippen LogP contribution in [-0.4, -0.2) is 17.0 Å². The number of aliphatic hydroxyl groups excluding tert-OH is 1. The van der Waals surface area contributed by atoms with Gasteiger partial charge in [0.05, 0.1) is 6.10 Å². The van der Waals surface area contributed by atoms with Crippen LogP contribution in [0.15, 0.2) is 23.8 Å². The number of fused-ring (bicyclic) bond motifs is 5. The maximum absolute atomic E-state index is 11.8. The van der Waals surface area contributed by atoms with Crippen molar-refractivity contribution in [1.29, 1.82) is 0 Å². The molecule has 7 atom stereocenters. The van der Waals surface area contributed by atoms with E-state index in [0.29, 0.717) is 23.7 Å². The van der Waals surface area contributed by atoms with Crippen molar-refractivity contribution in [2.45, 2.75) is 72.8 Å². The van der Waals surface area contributed by atoms with Crippen molar-refractivity contribution in [3.05, 3.63) is 23.8 Å². The fourth-order valence-electron chi connectivity index (χ4n) is 6.59. The van der Waals surface area contributed by atoms with Crippen molar-refractivity contribution in [2.24, 2.45) is 34.5 Å². The molecule has 0 amide bonds. The van der Waals surface area contributed by atoms with Gasteiger partial charge in [-0.25, -0.2) is 0 Å². The highest BCUT2D eigenvalue weighted by atomic mass is 16.3. The zero-order valence-corrected chi connectivity index (χ0v) is 16.0. The van der Waals surface area contributed by atoms with E-state index in [9.17, 15) is 9.90 Å². The fraction of sp³-hybridized carbons (Fsp3) is 0.773. The van der Waals surface area contributed by atoms with Crippen LogP contribution in [-0.2, 0) is 4.79 Å². The predicted octanol–water partition coefficient (Wildman–Crippen LogP) is 4.93. The van der Waals surface area contributed by atoms with Crippen LogP contribution >= 0.6 is 0 Å². The van der Waals surface area contributed by atoms with Crippen molar-refractivity contribution in [3.63, 3.8) is 0 Å². The highest BCUT2D eigenvalue weighted by molar-refractivity contribution is 6.01. The van der Waals surface area contributed by atoms with E-state index in [1.54, 1.807) is 6.08 Å². The lowest BCUT2D eigenvalue weighted by atomic mass is 9.47. The van der Waals surface area contributed by atoms with Gasteiger partial charge in [-0.2, -0.15) is 0 Å². The third-order valence-corrected chi connectivity index (χ3v) is 7.83. The molecular weight excluding hydrogens is 296 g/mol. The molecule has 4 aliphatic carbocycles. The third kappa shape index (κ3) is 2.36. The average Bonchev–Trinajstić information content (AvgIpc) is 2.87. The lowest BCUT2D eigenvalue weighted by molar-refractivity contribution is -0.111. The molecule has 2 heteroatoms. The van der Waals surface area contributed by atoms with E-state index in [1.165, 1.54) is 24.8 Å². The van der Waals surface area contributed by atoms with E-state index in [-0.39, 0.29) is 22.7 Å². The Hall–Kier alpha value is -0.890. The number of allylic oxidation sites excluding steroid dienone is 4. The van der Waals surface area contributed by atoms with Gasteiger partial charge in [-0.15, -0.1) is 0 Å². The van der Waals surface area contributed by atoms with Crippen LogP contribution in [0.2, 0.25) is 0 Å². The van der Waals surface area contributed by atoms with Crippen molar-refractivity contribution in [1.82, 2.24) is 0 Å². The van der Waals surface area contributed by atoms with Crippen LogP contribution in [0.4, 0.5) is 0 Å². The van der Waals surface area contributed by atoms with Crippen LogP contribution in [0.1, 0.15) is 66.7 Å². The number of rotatable bonds is 0. The van der Waals surface area contributed by atoms with Gasteiger partial charge in [-0.1, -0.05) is 46.3 Å². The second kappa shape index (κ2) is 6.12. The molecule has 1 N–H and O–H groups in total. The summed E-state index contributed by atoms with van der Waals surface area (Å²) < 4.78 is 0. The smallest absolute Gasteiger partial charge is 0.178 e. The molecule has 2 nitrogen and oxygen atoms in total. The summed E-state index contributed by atoms with van der Waals surface area (Å²) in [6.07, 6.45) is 11.5. The Balaban J connectivity index is 0.000000815. The molecular formula is C22H34O2. The first-order chi connectivity index (χ1) is 11.4. The zero-order chi connectivity index (χ0) is 17.7. The van der Waals surface area contributed by atoms with Crippen molar-refractivity contribution >= 4 is 5.78 Å². The molecule has 0 radical (unpaired) electrons. The second-order valence-electron chi connectivity index (χ2n) is 8.77. The molecule has 4 rings (SSSR count). The van der Waals surface area contributed by atoms with Crippen molar-refractivity contribution < 1.29 is 9.90 Å². The molecule has 0 bridgehead atoms. The highest BCUT2D eigenvalue weighted by Gasteiger charge is 2.59. The molecule has 0 aromatic heterocycles. The Morgan fingerprint density at radius 1 is 1.12 bits per heavy atom. The molecule has 3 fully saturated rings. The second-order valence-corrected chi connectivity index (χ2v) is 8.77. The normalized spacial score (nSPS) is 49.3. The monoisotopic (exact) mass is 330 g/mol. The number of hydrogen-bond acceptors (Lipinski definition) is 2. The number of carbonyl (C=O) groups excluding carboxylic acids is 1. The minimum absolute atomic E-state index is 0.0606. The first-order valence-corrected chi connectivity index (χ1v) is 9.99. The van der Waals surface area contributed by atoms with Gasteiger partial charge in [0.15, 0.2) is 5.78 Å². The van der Waals surface area contributed by atoms with Gasteiger partial charge in [0.25, 0.3) is 0 Å². The molecule has 134 valence electrons. The van der Waals surface area contributed by atoms with E-state index in [2.05, 4.69) is 26.8 Å². The highest BCUT2D eigenvalue weighted by Crippen LogP contribution is 2.65. The molecule has 0 aliphatic heterocycles. The summed E-state index contributed by atoms with van der Waals surface area (Å²) in [5, 5.41) is 10.5. The quantitative estimate of drug-likeness (QED) is 0.684. The first kappa shape index (κ1) is 17.9. The number of aliphatic hydroxyl groups is 1. The lowest BCUT2D eigenvalue weighted by Gasteiger charge is -2.58. The van der Waals surface area contributed by atoms with E-state index >= 15 is 0 Å². The Bertz CT molecular complexity index is 575. The molecule has 0 saturated heterocycles. The van der Waals surface area contributed by atoms with Gasteiger partial charge in [0.1, 0.15) is 0 Å². The van der Waals surface area contributed by atoms with Crippen molar-refractivity contribution in [3.8, 4) is 0 Å². The molecule has 0 heterocycles. The Morgan fingerprint density at radius 2 is 1.83 bits per heavy atom. The molecule has 3 saturated carbocycles. The zero-order valence-electron chi connectivity index (χ0n) is 16.0. The third-order valence-electron chi connectivity index (χ3n) is 7.83. The Kier molecular flexibility index (Phi) is 4.57. The lowest BCUT2D eigenvalue weighted by Crippen LogP contribution is -2.52. The van der Waals surface area contributed by atoms with Gasteiger partial charge in [-0.05, 0) is 73.3 Å². The SMILES string of the molecule is CC.CC1CC2C(CCC3(C)C(O)CCC23)C2(C)C=CC(=O)C=C12. The van der Waals surface area contributed by atoms with Gasteiger partial charge in [-0.3, -0.25) is 4.79 Å². The van der Waals surface area contributed by atoms with Crippen LogP contribution in [0.5, 0.6) is 0 Å². The maximum Gasteiger partial charge on any atom is 0.178 e. The summed E-state index contributed by atoms with van der Waals surface area (Å²) in [7, 11) is 0. The summed E-state index contributed by atoms with van der Waals surface area (Å²) in [5.74, 6) is 2.65. The molecule has 0 aromatic rings. The van der Waals surface area contributed by atoms with Crippen LogP contribution in [0.25, 0.3) is 0 Å². The van der Waals surface area contributed by atoms with Gasteiger partial charge < -0.3 is 5.11 Å². The van der Waals surface area contributed by atoms with Crippen LogP contribution in [0.3, 0.4) is 0 Å². The summed E-state index contributed by atoms with van der Waals surface area (Å²) in [5.41, 5.74) is 1.56. The first-order valence-electron chi connectivity index (χ1n) is 9.99. The van der Waals surface area contributed by atoms with E-state index in [0.717, 1.165) is 12.8 Å². The Morgan fingerprint density at radius 3 is 2.54 bits per heavy atom. The fourth-order valence-corrected chi connectivity index (χ4v) is 6.59. The van der Waals surface area contributed by atoms with E-state index in [1.807, 2.05) is 19.9 Å². The summed E-state index contributed by atoms with van der Waals surface area (Å²) in [6, 6.07) is 0. The molecule has 0 spiro atoms. The summed E-state index contributed by atoms with van der Waals surface area (Å²) >= 11 is 0. The van der Waals surface area contributed by atoms with E-state index in [4.69, 9.17) is 0 Å². The minimum atomic E-state index is -0.109. The minimum Gasteiger partial charge on any atom is -0.393 e. The van der Waals surface area contributed by atoms with E-state index < -0.39 is 0 Å². The van der Waals surface area contributed by atoms with Gasteiger partial charge in [0.2, 0.25) is 0 Å². The number of carbonyl (C=O) groups is 1. The molecule has 7 unspecified atom stereocenters. The number of ketones is 1. The number of hydrogen-bond donors (Lipinski definition) is 1. The average molecular weight is 331 g/mol. The standard InChI is InChI=1S/C20H28O2.C2H6/c1-12-10-14-15-4-5-18(22)20(15,3)9-7-16(14)19(2)8-6-13(21)11-17(12)19;1-2/h6,8,11-12,14-16,18,22H,4-5,7,9-10H2,1-3H3;1-2H3. The summed E-state index contributed by atoms with van der Waals surface area (Å²) in [4.78, 5) is 11.8. The topological polar surface area (TPSA) is 37.3 Å². The largest absolute Gasteiger partial charge is 0.393 e. The molecule has 24 heavy (non-hydrogen) atoms. The molecule has 0 aromatic carbocycles. The predicted molar refractivity (Wildman–Crippen MR) is 98.5 cm³/mol. The van der Waals surface area contributed by atoms with Gasteiger partial charge in [0, 0.05) is 5.41 Å². The summed E-state index contributed by atoms with van der Waals surface area (Å²) in [6.45, 7) is 11.0. The van der Waals surface area contributed by atoms with Crippen molar-refractivity contribution in [2.75, 3.05) is 0 Å². The van der Waals surface area contributed by atoms with Gasteiger partial charge >= 0.3 is 0 Å². The Labute approximate surface area is 147 Å².